The number of nitrogens with zero attached hydrogens (tertiary/aromatic N) is 2. The average Bonchev–Trinajstić information content (AvgIpc) is 3.32. The van der Waals surface area contributed by atoms with Gasteiger partial charge in [0.2, 0.25) is 11.8 Å². The summed E-state index contributed by atoms with van der Waals surface area (Å²) in [6, 6.07) is 16.1. The molecule has 2 aromatic carbocycles. The van der Waals surface area contributed by atoms with E-state index in [1.54, 1.807) is 7.11 Å². The molecule has 4 rings (SSSR count). The van der Waals surface area contributed by atoms with Gasteiger partial charge in [0.05, 0.1) is 19.3 Å². The normalized spacial score (nSPS) is 18.9. The first-order chi connectivity index (χ1) is 16.0. The molecule has 7 heteroatoms. The van der Waals surface area contributed by atoms with Crippen LogP contribution in [0.4, 0.5) is 5.69 Å². The highest BCUT2D eigenvalue weighted by atomic mass is 16.5. The van der Waals surface area contributed by atoms with Crippen LogP contribution in [0.5, 0.6) is 11.5 Å². The molecule has 2 amide bonds. The number of ether oxygens (including phenoxy) is 2. The fourth-order valence-electron chi connectivity index (χ4n) is 4.87. The lowest BCUT2D eigenvalue weighted by Gasteiger charge is -2.42. The third kappa shape index (κ3) is 5.78. The molecule has 176 valence electrons. The van der Waals surface area contributed by atoms with Gasteiger partial charge in [-0.15, -0.1) is 0 Å². The summed E-state index contributed by atoms with van der Waals surface area (Å²) in [4.78, 5) is 28.2. The number of hydrogen-bond donors (Lipinski definition) is 1. The predicted molar refractivity (Wildman–Crippen MR) is 128 cm³/mol. The molecule has 1 saturated heterocycles. The van der Waals surface area contributed by atoms with Crippen LogP contribution in [0.25, 0.3) is 0 Å². The molecule has 0 aromatic heterocycles. The number of benzene rings is 2. The van der Waals surface area contributed by atoms with E-state index < -0.39 is 5.91 Å². The molecular formula is C26H33N3O4. The first-order valence-electron chi connectivity index (χ1n) is 11.7. The number of nitrogens with two attached hydrogens (primary N) is 1. The molecule has 0 bridgehead atoms. The Balaban J connectivity index is 1.54. The highest BCUT2D eigenvalue weighted by molar-refractivity contribution is 5.96. The van der Waals surface area contributed by atoms with Gasteiger partial charge in [0.25, 0.3) is 0 Å². The van der Waals surface area contributed by atoms with Crippen LogP contribution in [-0.2, 0) is 16.0 Å². The van der Waals surface area contributed by atoms with Crippen molar-refractivity contribution in [2.24, 2.45) is 5.73 Å². The molecule has 2 aliphatic rings. The molecular weight excluding hydrogens is 418 g/mol. The van der Waals surface area contributed by atoms with Gasteiger partial charge in [-0.1, -0.05) is 30.3 Å². The van der Waals surface area contributed by atoms with Crippen molar-refractivity contribution in [3.8, 4) is 11.5 Å². The van der Waals surface area contributed by atoms with E-state index in [2.05, 4.69) is 23.1 Å². The number of anilines is 1. The summed E-state index contributed by atoms with van der Waals surface area (Å²) in [5, 5.41) is 0. The van der Waals surface area contributed by atoms with E-state index in [0.29, 0.717) is 26.1 Å². The summed E-state index contributed by atoms with van der Waals surface area (Å²) >= 11 is 0. The number of amides is 2. The minimum atomic E-state index is -0.593. The molecule has 7 nitrogen and oxygen atoms in total. The second-order valence-corrected chi connectivity index (χ2v) is 8.88. The number of rotatable bonds is 8. The van der Waals surface area contributed by atoms with Crippen molar-refractivity contribution in [1.82, 2.24) is 4.90 Å². The zero-order valence-corrected chi connectivity index (χ0v) is 19.2. The van der Waals surface area contributed by atoms with Gasteiger partial charge in [-0.25, -0.2) is 0 Å². The Morgan fingerprint density at radius 3 is 2.48 bits per heavy atom. The highest BCUT2D eigenvalue weighted by Gasteiger charge is 2.31. The minimum Gasteiger partial charge on any atom is -0.493 e. The zero-order chi connectivity index (χ0) is 23.2. The molecule has 2 aromatic rings. The summed E-state index contributed by atoms with van der Waals surface area (Å²) in [6.07, 6.45) is 5.25. The molecule has 1 saturated carbocycles. The molecule has 0 radical (unpaired) electrons. The molecule has 1 heterocycles. The van der Waals surface area contributed by atoms with Gasteiger partial charge >= 0.3 is 0 Å². The standard InChI is InChI=1S/C26H33N3O4/c1-32-23-12-11-20(16-24(23)33-22-9-5-6-10-22)28-13-14-29(26(31)17-25(27)30)21(18-28)15-19-7-3-2-4-8-19/h2-4,7-8,11-12,16,21-22H,5-6,9-10,13-15,17-18H2,1H3,(H2,27,30). The third-order valence-electron chi connectivity index (χ3n) is 6.55. The van der Waals surface area contributed by atoms with Crippen LogP contribution in [-0.4, -0.2) is 55.6 Å². The molecule has 1 unspecified atom stereocenters. The lowest BCUT2D eigenvalue weighted by atomic mass is 10.0. The Kier molecular flexibility index (Phi) is 7.37. The first kappa shape index (κ1) is 23.0. The number of hydrogen-bond acceptors (Lipinski definition) is 5. The maximum atomic E-state index is 12.8. The molecule has 2 N–H and O–H groups in total. The van der Waals surface area contributed by atoms with E-state index in [1.807, 2.05) is 35.2 Å². The van der Waals surface area contributed by atoms with E-state index in [1.165, 1.54) is 12.8 Å². The summed E-state index contributed by atoms with van der Waals surface area (Å²) in [5.74, 6) is 0.711. The van der Waals surface area contributed by atoms with Gasteiger partial charge in [-0.2, -0.15) is 0 Å². The van der Waals surface area contributed by atoms with Crippen LogP contribution >= 0.6 is 0 Å². The fraction of sp³-hybridized carbons (Fsp3) is 0.462. The van der Waals surface area contributed by atoms with Gasteiger partial charge in [0.15, 0.2) is 11.5 Å². The van der Waals surface area contributed by atoms with Crippen molar-refractivity contribution in [1.29, 1.82) is 0 Å². The molecule has 1 atom stereocenters. The summed E-state index contributed by atoms with van der Waals surface area (Å²) in [5.41, 5.74) is 7.50. The SMILES string of the molecule is COc1ccc(N2CCN(C(=O)CC(N)=O)C(Cc3ccccc3)C2)cc1OC1CCCC1. The van der Waals surface area contributed by atoms with Crippen molar-refractivity contribution < 1.29 is 19.1 Å². The fourth-order valence-corrected chi connectivity index (χ4v) is 4.87. The molecule has 33 heavy (non-hydrogen) atoms. The Morgan fingerprint density at radius 2 is 1.79 bits per heavy atom. The van der Waals surface area contributed by atoms with E-state index in [-0.39, 0.29) is 24.5 Å². The van der Waals surface area contributed by atoms with Crippen molar-refractivity contribution in [2.45, 2.75) is 50.7 Å². The van der Waals surface area contributed by atoms with E-state index in [4.69, 9.17) is 15.2 Å². The van der Waals surface area contributed by atoms with Gasteiger partial charge in [0.1, 0.15) is 6.42 Å². The van der Waals surface area contributed by atoms with Crippen molar-refractivity contribution >= 4 is 17.5 Å². The van der Waals surface area contributed by atoms with Gasteiger partial charge < -0.3 is 25.0 Å². The molecule has 1 aliphatic heterocycles. The summed E-state index contributed by atoms with van der Waals surface area (Å²) < 4.78 is 11.8. The Hall–Kier alpha value is -3.22. The van der Waals surface area contributed by atoms with Crippen molar-refractivity contribution in [3.05, 3.63) is 54.1 Å². The number of carbonyl (C=O) groups is 2. The smallest absolute Gasteiger partial charge is 0.232 e. The van der Waals surface area contributed by atoms with E-state index in [0.717, 1.165) is 35.6 Å². The van der Waals surface area contributed by atoms with Crippen LogP contribution in [0.3, 0.4) is 0 Å². The second-order valence-electron chi connectivity index (χ2n) is 8.88. The van der Waals surface area contributed by atoms with E-state index >= 15 is 0 Å². The predicted octanol–water partition coefficient (Wildman–Crippen LogP) is 3.15. The maximum Gasteiger partial charge on any atom is 0.232 e. The quantitative estimate of drug-likeness (QED) is 0.623. The number of carbonyl (C=O) groups excluding carboxylic acids is 2. The largest absolute Gasteiger partial charge is 0.493 e. The average molecular weight is 452 g/mol. The topological polar surface area (TPSA) is 85.1 Å². The number of primary amides is 1. The lowest BCUT2D eigenvalue weighted by molar-refractivity contribution is -0.137. The highest BCUT2D eigenvalue weighted by Crippen LogP contribution is 2.35. The van der Waals surface area contributed by atoms with E-state index in [9.17, 15) is 9.59 Å². The van der Waals surface area contributed by atoms with Crippen LogP contribution in [0, 0.1) is 0 Å². The van der Waals surface area contributed by atoms with Gasteiger partial charge in [0, 0.05) is 31.4 Å². The Morgan fingerprint density at radius 1 is 1.03 bits per heavy atom. The Bertz CT molecular complexity index is 959. The first-order valence-corrected chi connectivity index (χ1v) is 11.7. The van der Waals surface area contributed by atoms with Crippen LogP contribution in [0.2, 0.25) is 0 Å². The van der Waals surface area contributed by atoms with Crippen molar-refractivity contribution in [3.63, 3.8) is 0 Å². The second kappa shape index (κ2) is 10.6. The van der Waals surface area contributed by atoms with Crippen LogP contribution < -0.4 is 20.1 Å². The van der Waals surface area contributed by atoms with Crippen LogP contribution in [0.15, 0.2) is 48.5 Å². The molecule has 2 fully saturated rings. The summed E-state index contributed by atoms with van der Waals surface area (Å²) in [6.45, 7) is 1.87. The van der Waals surface area contributed by atoms with Crippen molar-refractivity contribution in [2.75, 3.05) is 31.6 Å². The lowest BCUT2D eigenvalue weighted by Crippen LogP contribution is -2.56. The van der Waals surface area contributed by atoms with Gasteiger partial charge in [-0.3, -0.25) is 9.59 Å². The molecule has 1 aliphatic carbocycles. The monoisotopic (exact) mass is 451 g/mol. The molecule has 0 spiro atoms. The van der Waals surface area contributed by atoms with Crippen LogP contribution in [0.1, 0.15) is 37.7 Å². The minimum absolute atomic E-state index is 0.0608. The number of piperazine rings is 1. The number of methoxy groups -OCH3 is 1. The van der Waals surface area contributed by atoms with Gasteiger partial charge in [-0.05, 0) is 49.8 Å². The Labute approximate surface area is 195 Å². The third-order valence-corrected chi connectivity index (χ3v) is 6.55. The zero-order valence-electron chi connectivity index (χ0n) is 19.2. The summed E-state index contributed by atoms with van der Waals surface area (Å²) in [7, 11) is 1.66. The maximum absolute atomic E-state index is 12.8.